The van der Waals surface area contributed by atoms with E-state index in [1.807, 2.05) is 0 Å². The Hall–Kier alpha value is -1.35. The highest BCUT2D eigenvalue weighted by Gasteiger charge is 2.38. The number of nitrogens with zero attached hydrogens (tertiary/aromatic N) is 1. The van der Waals surface area contributed by atoms with Crippen LogP contribution in [0.5, 0.6) is 0 Å². The van der Waals surface area contributed by atoms with E-state index in [-0.39, 0.29) is 5.91 Å². The standard InChI is InChI=1S/C20H28N2O/c1-14(15-9-10-15)21-20(23)13-22(17-11-12-17)19-8-4-6-16-5-2-3-7-18(16)19/h2-3,5,7,14-15,17,19H,4,6,8-13H2,1H3,(H,21,23). The summed E-state index contributed by atoms with van der Waals surface area (Å²) in [7, 11) is 0. The molecule has 2 unspecified atom stereocenters. The van der Waals surface area contributed by atoms with Crippen LogP contribution in [0.1, 0.15) is 62.6 Å². The van der Waals surface area contributed by atoms with Gasteiger partial charge in [-0.3, -0.25) is 9.69 Å². The SMILES string of the molecule is CC(NC(=O)CN(C1CC1)C1CCCc2ccccc21)C1CC1. The minimum Gasteiger partial charge on any atom is -0.352 e. The first-order valence-corrected chi connectivity index (χ1v) is 9.35. The second-order valence-electron chi connectivity index (χ2n) is 7.70. The molecule has 0 radical (unpaired) electrons. The van der Waals surface area contributed by atoms with E-state index in [0.717, 1.165) is 5.92 Å². The Morgan fingerprint density at radius 2 is 2.00 bits per heavy atom. The summed E-state index contributed by atoms with van der Waals surface area (Å²) in [4.78, 5) is 15.0. The maximum Gasteiger partial charge on any atom is 0.234 e. The van der Waals surface area contributed by atoms with Crippen molar-refractivity contribution in [2.75, 3.05) is 6.54 Å². The number of hydrogen-bond acceptors (Lipinski definition) is 2. The molecule has 3 nitrogen and oxygen atoms in total. The maximum absolute atomic E-state index is 12.5. The molecule has 0 bridgehead atoms. The number of nitrogens with one attached hydrogen (secondary N) is 1. The zero-order valence-corrected chi connectivity index (χ0v) is 14.1. The number of rotatable bonds is 6. The summed E-state index contributed by atoms with van der Waals surface area (Å²) in [6.45, 7) is 2.73. The van der Waals surface area contributed by atoms with Crippen LogP contribution in [0.4, 0.5) is 0 Å². The number of carbonyl (C=O) groups excluding carboxylic acids is 1. The number of benzene rings is 1. The van der Waals surface area contributed by atoms with E-state index in [0.29, 0.717) is 24.7 Å². The molecule has 124 valence electrons. The van der Waals surface area contributed by atoms with E-state index >= 15 is 0 Å². The van der Waals surface area contributed by atoms with Crippen molar-refractivity contribution < 1.29 is 4.79 Å². The normalized spacial score (nSPS) is 25.0. The van der Waals surface area contributed by atoms with Gasteiger partial charge in [-0.2, -0.15) is 0 Å². The smallest absolute Gasteiger partial charge is 0.234 e. The van der Waals surface area contributed by atoms with Gasteiger partial charge in [0.25, 0.3) is 0 Å². The number of aryl methyl sites for hydroxylation is 1. The number of hydrogen-bond donors (Lipinski definition) is 1. The summed E-state index contributed by atoms with van der Waals surface area (Å²) in [5.41, 5.74) is 2.95. The Labute approximate surface area is 139 Å². The average molecular weight is 312 g/mol. The molecule has 0 saturated heterocycles. The van der Waals surface area contributed by atoms with E-state index in [9.17, 15) is 4.79 Å². The first-order chi connectivity index (χ1) is 11.2. The summed E-state index contributed by atoms with van der Waals surface area (Å²) < 4.78 is 0. The minimum absolute atomic E-state index is 0.222. The molecule has 1 aromatic rings. The Morgan fingerprint density at radius 3 is 2.74 bits per heavy atom. The third-order valence-electron chi connectivity index (χ3n) is 5.80. The van der Waals surface area contributed by atoms with Gasteiger partial charge in [-0.1, -0.05) is 24.3 Å². The van der Waals surface area contributed by atoms with Gasteiger partial charge < -0.3 is 5.32 Å². The van der Waals surface area contributed by atoms with E-state index in [1.54, 1.807) is 0 Å². The Morgan fingerprint density at radius 1 is 1.22 bits per heavy atom. The van der Waals surface area contributed by atoms with Crippen molar-refractivity contribution in [1.29, 1.82) is 0 Å². The van der Waals surface area contributed by atoms with Gasteiger partial charge in [0.05, 0.1) is 6.54 Å². The molecule has 1 N–H and O–H groups in total. The maximum atomic E-state index is 12.5. The lowest BCUT2D eigenvalue weighted by molar-refractivity contribution is -0.123. The Kier molecular flexibility index (Phi) is 4.14. The molecular weight excluding hydrogens is 284 g/mol. The lowest BCUT2D eigenvalue weighted by Gasteiger charge is -2.36. The lowest BCUT2D eigenvalue weighted by atomic mass is 9.86. The molecule has 3 aliphatic carbocycles. The quantitative estimate of drug-likeness (QED) is 0.872. The third-order valence-corrected chi connectivity index (χ3v) is 5.80. The Balaban J connectivity index is 1.47. The molecule has 2 atom stereocenters. The molecule has 0 aromatic heterocycles. The molecule has 2 fully saturated rings. The molecule has 3 aliphatic rings. The van der Waals surface area contributed by atoms with Crippen LogP contribution in [0.3, 0.4) is 0 Å². The fraction of sp³-hybridized carbons (Fsp3) is 0.650. The van der Waals surface area contributed by atoms with Crippen LogP contribution < -0.4 is 5.32 Å². The number of carbonyl (C=O) groups is 1. The van der Waals surface area contributed by atoms with Crippen molar-refractivity contribution in [3.63, 3.8) is 0 Å². The van der Waals surface area contributed by atoms with Crippen molar-refractivity contribution in [3.05, 3.63) is 35.4 Å². The predicted molar refractivity (Wildman–Crippen MR) is 92.2 cm³/mol. The molecule has 4 rings (SSSR count). The summed E-state index contributed by atoms with van der Waals surface area (Å²) in [5.74, 6) is 0.947. The van der Waals surface area contributed by atoms with E-state index < -0.39 is 0 Å². The zero-order chi connectivity index (χ0) is 15.8. The number of fused-ring (bicyclic) bond motifs is 1. The van der Waals surface area contributed by atoms with Gasteiger partial charge in [0.15, 0.2) is 0 Å². The van der Waals surface area contributed by atoms with Crippen LogP contribution in [0, 0.1) is 5.92 Å². The molecule has 23 heavy (non-hydrogen) atoms. The minimum atomic E-state index is 0.222. The third kappa shape index (κ3) is 3.45. The monoisotopic (exact) mass is 312 g/mol. The van der Waals surface area contributed by atoms with Crippen LogP contribution >= 0.6 is 0 Å². The van der Waals surface area contributed by atoms with Gasteiger partial charge >= 0.3 is 0 Å². The lowest BCUT2D eigenvalue weighted by Crippen LogP contribution is -2.44. The fourth-order valence-corrected chi connectivity index (χ4v) is 4.15. The van der Waals surface area contributed by atoms with Gasteiger partial charge in [0.1, 0.15) is 0 Å². The fourth-order valence-electron chi connectivity index (χ4n) is 4.15. The van der Waals surface area contributed by atoms with E-state index in [1.165, 1.54) is 56.1 Å². The van der Waals surface area contributed by atoms with Crippen LogP contribution in [0.25, 0.3) is 0 Å². The molecular formula is C20H28N2O. The summed E-state index contributed by atoms with van der Waals surface area (Å²) in [5, 5.41) is 3.24. The summed E-state index contributed by atoms with van der Waals surface area (Å²) in [6.07, 6.45) is 8.70. The van der Waals surface area contributed by atoms with Crippen molar-refractivity contribution in [3.8, 4) is 0 Å². The van der Waals surface area contributed by atoms with Crippen LogP contribution in [-0.2, 0) is 11.2 Å². The largest absolute Gasteiger partial charge is 0.352 e. The van der Waals surface area contributed by atoms with Crippen molar-refractivity contribution in [1.82, 2.24) is 10.2 Å². The molecule has 3 heteroatoms. The van der Waals surface area contributed by atoms with Gasteiger partial charge in [0.2, 0.25) is 5.91 Å². The van der Waals surface area contributed by atoms with Crippen LogP contribution in [0.2, 0.25) is 0 Å². The Bertz CT molecular complexity index is 577. The average Bonchev–Trinajstić information content (AvgIpc) is 3.44. The summed E-state index contributed by atoms with van der Waals surface area (Å²) in [6, 6.07) is 10.2. The van der Waals surface area contributed by atoms with Crippen LogP contribution in [0.15, 0.2) is 24.3 Å². The van der Waals surface area contributed by atoms with Gasteiger partial charge in [-0.25, -0.2) is 0 Å². The first kappa shape index (κ1) is 15.2. The van der Waals surface area contributed by atoms with Gasteiger partial charge in [0, 0.05) is 18.1 Å². The van der Waals surface area contributed by atoms with E-state index in [2.05, 4.69) is 41.4 Å². The second kappa shape index (κ2) is 6.27. The van der Waals surface area contributed by atoms with E-state index in [4.69, 9.17) is 0 Å². The van der Waals surface area contributed by atoms with Crippen LogP contribution in [-0.4, -0.2) is 29.4 Å². The van der Waals surface area contributed by atoms with Gasteiger partial charge in [-0.15, -0.1) is 0 Å². The molecule has 0 aliphatic heterocycles. The van der Waals surface area contributed by atoms with Crippen molar-refractivity contribution in [2.24, 2.45) is 5.92 Å². The topological polar surface area (TPSA) is 32.3 Å². The molecule has 1 aromatic carbocycles. The summed E-state index contributed by atoms with van der Waals surface area (Å²) >= 11 is 0. The highest BCUT2D eigenvalue weighted by atomic mass is 16.2. The second-order valence-corrected chi connectivity index (χ2v) is 7.70. The molecule has 0 heterocycles. The number of amides is 1. The molecule has 1 amide bonds. The highest BCUT2D eigenvalue weighted by Crippen LogP contribution is 2.40. The molecule has 0 spiro atoms. The van der Waals surface area contributed by atoms with Gasteiger partial charge in [-0.05, 0) is 68.9 Å². The predicted octanol–water partition coefficient (Wildman–Crippen LogP) is 3.44. The van der Waals surface area contributed by atoms with Crippen molar-refractivity contribution >= 4 is 5.91 Å². The first-order valence-electron chi connectivity index (χ1n) is 9.35. The molecule has 2 saturated carbocycles. The zero-order valence-electron chi connectivity index (χ0n) is 14.1. The highest BCUT2D eigenvalue weighted by molar-refractivity contribution is 5.78. The van der Waals surface area contributed by atoms with Crippen molar-refractivity contribution in [2.45, 2.75) is 70.0 Å².